The van der Waals surface area contributed by atoms with Crippen molar-refractivity contribution in [1.82, 2.24) is 4.90 Å². The van der Waals surface area contributed by atoms with E-state index >= 15 is 0 Å². The summed E-state index contributed by atoms with van der Waals surface area (Å²) in [4.78, 5) is 29.1. The van der Waals surface area contributed by atoms with E-state index in [0.717, 1.165) is 27.3 Å². The van der Waals surface area contributed by atoms with Crippen LogP contribution >= 0.6 is 11.8 Å². The number of anilines is 1. The van der Waals surface area contributed by atoms with E-state index in [1.54, 1.807) is 0 Å². The van der Waals surface area contributed by atoms with Gasteiger partial charge in [-0.1, -0.05) is 77.5 Å². The Bertz CT molecular complexity index is 1030. The third-order valence-corrected chi connectivity index (χ3v) is 5.96. The zero-order valence-corrected chi connectivity index (χ0v) is 17.7. The molecule has 0 unspecified atom stereocenters. The highest BCUT2D eigenvalue weighted by molar-refractivity contribution is 8.04. The highest BCUT2D eigenvalue weighted by Gasteiger charge is 2.39. The molecule has 0 fully saturated rings. The first-order valence-electron chi connectivity index (χ1n) is 9.74. The number of benzene rings is 3. The summed E-state index contributed by atoms with van der Waals surface area (Å²) in [6, 6.07) is 25.2. The average molecular weight is 415 g/mol. The second-order valence-corrected chi connectivity index (χ2v) is 8.38. The summed E-state index contributed by atoms with van der Waals surface area (Å²) in [5.74, 6) is -0.580. The normalized spacial score (nSPS) is 13.9. The number of carbonyl (C=O) groups is 2. The lowest BCUT2D eigenvalue weighted by atomic mass is 10.2. The third kappa shape index (κ3) is 4.31. The predicted molar refractivity (Wildman–Crippen MR) is 121 cm³/mol. The van der Waals surface area contributed by atoms with Crippen LogP contribution in [0.1, 0.15) is 16.7 Å². The van der Waals surface area contributed by atoms with E-state index in [-0.39, 0.29) is 18.4 Å². The van der Waals surface area contributed by atoms with Crippen LogP contribution in [0.5, 0.6) is 0 Å². The maximum absolute atomic E-state index is 13.2. The van der Waals surface area contributed by atoms with E-state index in [9.17, 15) is 9.59 Å². The average Bonchev–Trinajstić information content (AvgIpc) is 2.96. The van der Waals surface area contributed by atoms with Gasteiger partial charge in [-0.15, -0.1) is 0 Å². The van der Waals surface area contributed by atoms with Gasteiger partial charge in [-0.25, -0.2) is 0 Å². The summed E-state index contributed by atoms with van der Waals surface area (Å²) in [7, 11) is 0. The lowest BCUT2D eigenvalue weighted by Gasteiger charge is -2.15. The van der Waals surface area contributed by atoms with Crippen LogP contribution in [0.15, 0.2) is 94.4 Å². The second-order valence-electron chi connectivity index (χ2n) is 7.29. The minimum absolute atomic E-state index is 0.246. The van der Waals surface area contributed by atoms with E-state index in [2.05, 4.69) is 5.32 Å². The zero-order chi connectivity index (χ0) is 21.1. The Labute approximate surface area is 180 Å². The maximum atomic E-state index is 13.2. The molecule has 1 aliphatic rings. The molecule has 3 aromatic carbocycles. The molecule has 0 aromatic heterocycles. The summed E-state index contributed by atoms with van der Waals surface area (Å²) in [6.07, 6.45) is 0. The molecular weight excluding hydrogens is 392 g/mol. The summed E-state index contributed by atoms with van der Waals surface area (Å²) in [5, 5.41) is 3.19. The molecule has 0 aliphatic carbocycles. The van der Waals surface area contributed by atoms with Crippen LogP contribution in [-0.2, 0) is 16.1 Å². The molecule has 0 saturated heterocycles. The van der Waals surface area contributed by atoms with Gasteiger partial charge in [0.15, 0.2) is 0 Å². The minimum atomic E-state index is -0.306. The fourth-order valence-corrected chi connectivity index (χ4v) is 4.12. The summed E-state index contributed by atoms with van der Waals surface area (Å²) in [6.45, 7) is 4.27. The van der Waals surface area contributed by atoms with Gasteiger partial charge in [-0.3, -0.25) is 14.5 Å². The van der Waals surface area contributed by atoms with Crippen molar-refractivity contribution in [2.75, 3.05) is 5.32 Å². The second kappa shape index (κ2) is 8.59. The molecule has 1 aliphatic heterocycles. The molecule has 1 N–H and O–H groups in total. The highest BCUT2D eigenvalue weighted by atomic mass is 32.2. The predicted octanol–water partition coefficient (Wildman–Crippen LogP) is 5.29. The van der Waals surface area contributed by atoms with Crippen molar-refractivity contribution in [3.63, 3.8) is 0 Å². The van der Waals surface area contributed by atoms with Crippen molar-refractivity contribution in [2.24, 2.45) is 0 Å². The number of imide groups is 1. The van der Waals surface area contributed by atoms with Crippen molar-refractivity contribution in [3.05, 3.63) is 106 Å². The van der Waals surface area contributed by atoms with Gasteiger partial charge >= 0.3 is 0 Å². The summed E-state index contributed by atoms with van der Waals surface area (Å²) >= 11 is 1.32. The smallest absolute Gasteiger partial charge is 0.278 e. The molecule has 30 heavy (non-hydrogen) atoms. The van der Waals surface area contributed by atoms with Crippen LogP contribution in [0.4, 0.5) is 5.69 Å². The number of thioether (sulfide) groups is 1. The van der Waals surface area contributed by atoms with Crippen LogP contribution < -0.4 is 5.32 Å². The van der Waals surface area contributed by atoms with Crippen molar-refractivity contribution < 1.29 is 9.59 Å². The molecule has 0 saturated carbocycles. The van der Waals surface area contributed by atoms with Gasteiger partial charge in [-0.05, 0) is 43.7 Å². The number of hydrogen-bond donors (Lipinski definition) is 1. The molecule has 0 bridgehead atoms. The van der Waals surface area contributed by atoms with Gasteiger partial charge in [0.25, 0.3) is 11.8 Å². The molecule has 3 aromatic rings. The molecule has 0 spiro atoms. The van der Waals surface area contributed by atoms with Crippen molar-refractivity contribution >= 4 is 29.3 Å². The number of nitrogens with one attached hydrogen (secondary N) is 1. The van der Waals surface area contributed by atoms with E-state index in [4.69, 9.17) is 0 Å². The number of amides is 2. The standard InChI is InChI=1S/C25H22N2O2S/c1-17-8-12-20(13-9-17)26-22-23(30-21-14-10-18(2)11-15-21)25(29)27(24(22)28)16-19-6-4-3-5-7-19/h3-15,26H,16H2,1-2H3. The van der Waals surface area contributed by atoms with Gasteiger partial charge in [0.05, 0.1) is 6.54 Å². The van der Waals surface area contributed by atoms with Gasteiger partial charge in [0.2, 0.25) is 0 Å². The van der Waals surface area contributed by atoms with Gasteiger partial charge in [0, 0.05) is 10.6 Å². The molecule has 5 heteroatoms. The molecule has 2 amide bonds. The Balaban J connectivity index is 1.67. The largest absolute Gasteiger partial charge is 0.350 e. The minimum Gasteiger partial charge on any atom is -0.350 e. The molecule has 4 nitrogen and oxygen atoms in total. The Morgan fingerprint density at radius 3 is 2.00 bits per heavy atom. The van der Waals surface area contributed by atoms with E-state index in [0.29, 0.717) is 10.6 Å². The van der Waals surface area contributed by atoms with E-state index in [1.807, 2.05) is 92.7 Å². The number of hydrogen-bond acceptors (Lipinski definition) is 4. The van der Waals surface area contributed by atoms with Crippen LogP contribution in [0.25, 0.3) is 0 Å². The molecule has 0 radical (unpaired) electrons. The highest BCUT2D eigenvalue weighted by Crippen LogP contribution is 2.36. The monoisotopic (exact) mass is 414 g/mol. The van der Waals surface area contributed by atoms with Crippen LogP contribution in [0.3, 0.4) is 0 Å². The van der Waals surface area contributed by atoms with Gasteiger partial charge in [0.1, 0.15) is 10.6 Å². The van der Waals surface area contributed by atoms with Crippen molar-refractivity contribution in [1.29, 1.82) is 0 Å². The molecule has 4 rings (SSSR count). The zero-order valence-electron chi connectivity index (χ0n) is 16.9. The Kier molecular flexibility index (Phi) is 5.72. The molecule has 0 atom stereocenters. The Morgan fingerprint density at radius 1 is 0.767 bits per heavy atom. The quantitative estimate of drug-likeness (QED) is 0.557. The van der Waals surface area contributed by atoms with Gasteiger partial charge < -0.3 is 5.32 Å². The molecular formula is C25H22N2O2S. The lowest BCUT2D eigenvalue weighted by molar-refractivity contribution is -0.137. The fraction of sp³-hybridized carbons (Fsp3) is 0.120. The fourth-order valence-electron chi connectivity index (χ4n) is 3.17. The van der Waals surface area contributed by atoms with Crippen LogP contribution in [0, 0.1) is 13.8 Å². The maximum Gasteiger partial charge on any atom is 0.278 e. The molecule has 1 heterocycles. The van der Waals surface area contributed by atoms with Crippen LogP contribution in [0.2, 0.25) is 0 Å². The van der Waals surface area contributed by atoms with Crippen molar-refractivity contribution in [2.45, 2.75) is 25.3 Å². The van der Waals surface area contributed by atoms with Crippen LogP contribution in [-0.4, -0.2) is 16.7 Å². The number of carbonyl (C=O) groups excluding carboxylic acids is 2. The Hall–Kier alpha value is -3.31. The first-order chi connectivity index (χ1) is 14.5. The number of nitrogens with zero attached hydrogens (tertiary/aromatic N) is 1. The first kappa shape index (κ1) is 20.0. The lowest BCUT2D eigenvalue weighted by Crippen LogP contribution is -2.31. The topological polar surface area (TPSA) is 49.4 Å². The number of rotatable bonds is 6. The number of aryl methyl sites for hydroxylation is 2. The van der Waals surface area contributed by atoms with Crippen molar-refractivity contribution in [3.8, 4) is 0 Å². The Morgan fingerprint density at radius 2 is 1.37 bits per heavy atom. The first-order valence-corrected chi connectivity index (χ1v) is 10.6. The molecule has 150 valence electrons. The summed E-state index contributed by atoms with van der Waals surface area (Å²) in [5.41, 5.74) is 4.29. The van der Waals surface area contributed by atoms with Gasteiger partial charge in [-0.2, -0.15) is 0 Å². The van der Waals surface area contributed by atoms with E-state index < -0.39 is 0 Å². The SMILES string of the molecule is Cc1ccc(NC2=C(Sc3ccc(C)cc3)C(=O)N(Cc3ccccc3)C2=O)cc1. The summed E-state index contributed by atoms with van der Waals surface area (Å²) < 4.78 is 0. The third-order valence-electron chi connectivity index (χ3n) is 4.87. The van der Waals surface area contributed by atoms with E-state index in [1.165, 1.54) is 16.7 Å².